The van der Waals surface area contributed by atoms with Crippen molar-refractivity contribution in [1.82, 2.24) is 10.6 Å². The molecule has 2 rings (SSSR count). The highest BCUT2D eigenvalue weighted by Crippen LogP contribution is 2.41. The molecule has 0 aromatic heterocycles. The van der Waals surface area contributed by atoms with Gasteiger partial charge in [-0.15, -0.1) is 0 Å². The zero-order chi connectivity index (χ0) is 18.4. The van der Waals surface area contributed by atoms with E-state index in [9.17, 15) is 20.1 Å². The zero-order valence-corrected chi connectivity index (χ0v) is 14.8. The van der Waals surface area contributed by atoms with Crippen molar-refractivity contribution in [2.45, 2.75) is 20.4 Å². The molecule has 0 unspecified atom stereocenters. The lowest BCUT2D eigenvalue weighted by molar-refractivity contribution is -0.125. The van der Waals surface area contributed by atoms with Gasteiger partial charge in [0.05, 0.1) is 28.5 Å². The Morgan fingerprint density at radius 2 is 2.00 bits per heavy atom. The van der Waals surface area contributed by atoms with Gasteiger partial charge in [-0.1, -0.05) is 55.9 Å². The summed E-state index contributed by atoms with van der Waals surface area (Å²) in [6.45, 7) is 3.79. The van der Waals surface area contributed by atoms with Crippen molar-refractivity contribution in [3.8, 4) is 12.1 Å². The summed E-state index contributed by atoms with van der Waals surface area (Å²) in [5, 5.41) is 24.3. The molecule has 1 aliphatic heterocycles. The molecular formula is C18H18N4O2S. The second kappa shape index (κ2) is 7.87. The smallest absolute Gasteiger partial charge is 0.243 e. The number of allylic oxidation sites excluding steroid dienone is 1. The molecular weight excluding hydrogens is 336 g/mol. The molecule has 128 valence electrons. The first-order valence-electron chi connectivity index (χ1n) is 7.69. The first-order valence-corrected chi connectivity index (χ1v) is 8.67. The van der Waals surface area contributed by atoms with Crippen LogP contribution in [0.25, 0.3) is 0 Å². The van der Waals surface area contributed by atoms with Crippen LogP contribution in [0.3, 0.4) is 0 Å². The first kappa shape index (κ1) is 18.6. The highest BCUT2D eigenvalue weighted by atomic mass is 32.2. The van der Waals surface area contributed by atoms with Crippen LogP contribution < -0.4 is 10.6 Å². The van der Waals surface area contributed by atoms with Crippen LogP contribution in [0.5, 0.6) is 0 Å². The third-order valence-corrected chi connectivity index (χ3v) is 5.01. The normalized spacial score (nSPS) is 18.7. The summed E-state index contributed by atoms with van der Waals surface area (Å²) in [4.78, 5) is 24.1. The van der Waals surface area contributed by atoms with Gasteiger partial charge in [0.1, 0.15) is 5.92 Å². The molecule has 1 atom stereocenters. The van der Waals surface area contributed by atoms with Crippen LogP contribution in [0.15, 0.2) is 40.9 Å². The quantitative estimate of drug-likeness (QED) is 0.842. The van der Waals surface area contributed by atoms with Crippen LogP contribution in [-0.2, 0) is 16.1 Å². The Kier molecular flexibility index (Phi) is 5.84. The molecule has 0 saturated heterocycles. The Balaban J connectivity index is 2.02. The lowest BCUT2D eigenvalue weighted by atomic mass is 9.72. The van der Waals surface area contributed by atoms with E-state index in [-0.39, 0.29) is 11.7 Å². The van der Waals surface area contributed by atoms with Crippen LogP contribution in [0.4, 0.5) is 0 Å². The number of nitrogens with one attached hydrogen (secondary N) is 2. The van der Waals surface area contributed by atoms with Crippen LogP contribution in [0.1, 0.15) is 19.4 Å². The molecule has 2 amide bonds. The van der Waals surface area contributed by atoms with Crippen molar-refractivity contribution in [3.05, 3.63) is 46.5 Å². The molecule has 2 N–H and O–H groups in total. The van der Waals surface area contributed by atoms with Gasteiger partial charge in [0.25, 0.3) is 0 Å². The Labute approximate surface area is 150 Å². The lowest BCUT2D eigenvalue weighted by Gasteiger charge is -2.34. The molecule has 1 aliphatic rings. The summed E-state index contributed by atoms with van der Waals surface area (Å²) in [5.74, 6) is -1.51. The summed E-state index contributed by atoms with van der Waals surface area (Å²) in [7, 11) is 0. The number of thioether (sulfide) groups is 1. The van der Waals surface area contributed by atoms with Crippen molar-refractivity contribution in [3.63, 3.8) is 0 Å². The van der Waals surface area contributed by atoms with Crippen molar-refractivity contribution in [2.75, 3.05) is 5.75 Å². The third-order valence-electron chi connectivity index (χ3n) is 4.01. The Bertz CT molecular complexity index is 788. The van der Waals surface area contributed by atoms with E-state index in [0.717, 1.165) is 17.3 Å². The summed E-state index contributed by atoms with van der Waals surface area (Å²) >= 11 is 1.10. The average molecular weight is 354 g/mol. The van der Waals surface area contributed by atoms with Gasteiger partial charge in [-0.25, -0.2) is 0 Å². The molecule has 0 fully saturated rings. The van der Waals surface area contributed by atoms with Gasteiger partial charge in [0.2, 0.25) is 11.8 Å². The number of carbonyl (C=O) groups excluding carboxylic acids is 2. The van der Waals surface area contributed by atoms with Gasteiger partial charge in [-0.3, -0.25) is 9.59 Å². The maximum atomic E-state index is 12.1. The van der Waals surface area contributed by atoms with E-state index in [1.807, 2.05) is 36.4 Å². The van der Waals surface area contributed by atoms with E-state index in [0.29, 0.717) is 17.1 Å². The summed E-state index contributed by atoms with van der Waals surface area (Å²) in [6, 6.07) is 13.5. The van der Waals surface area contributed by atoms with E-state index < -0.39 is 17.2 Å². The largest absolute Gasteiger partial charge is 0.351 e. The summed E-state index contributed by atoms with van der Waals surface area (Å²) < 4.78 is 0. The Hall–Kier alpha value is -2.77. The number of hydrogen-bond acceptors (Lipinski definition) is 5. The molecule has 25 heavy (non-hydrogen) atoms. The summed E-state index contributed by atoms with van der Waals surface area (Å²) in [5.41, 5.74) is 0.413. The highest BCUT2D eigenvalue weighted by Gasteiger charge is 2.44. The molecule has 7 heteroatoms. The number of nitriles is 2. The van der Waals surface area contributed by atoms with Crippen LogP contribution in [-0.4, -0.2) is 17.6 Å². The monoisotopic (exact) mass is 354 g/mol. The van der Waals surface area contributed by atoms with Crippen LogP contribution in [0, 0.1) is 34.0 Å². The zero-order valence-electron chi connectivity index (χ0n) is 14.0. The second-order valence-corrected chi connectivity index (χ2v) is 7.13. The van der Waals surface area contributed by atoms with Crippen molar-refractivity contribution >= 4 is 23.6 Å². The molecule has 1 aromatic rings. The highest BCUT2D eigenvalue weighted by molar-refractivity contribution is 8.03. The number of hydrogen-bond donors (Lipinski definition) is 2. The molecule has 0 bridgehead atoms. The minimum absolute atomic E-state index is 0.0704. The van der Waals surface area contributed by atoms with Crippen LogP contribution in [0.2, 0.25) is 0 Å². The fraction of sp³-hybridized carbons (Fsp3) is 0.333. The fourth-order valence-electron chi connectivity index (χ4n) is 2.52. The van der Waals surface area contributed by atoms with E-state index in [1.54, 1.807) is 13.8 Å². The van der Waals surface area contributed by atoms with Gasteiger partial charge >= 0.3 is 0 Å². The predicted molar refractivity (Wildman–Crippen MR) is 94.4 cm³/mol. The Morgan fingerprint density at radius 3 is 2.60 bits per heavy atom. The third kappa shape index (κ3) is 4.20. The van der Waals surface area contributed by atoms with Gasteiger partial charge in [-0.05, 0) is 5.56 Å². The van der Waals surface area contributed by atoms with E-state index in [1.165, 1.54) is 0 Å². The van der Waals surface area contributed by atoms with Gasteiger partial charge in [-0.2, -0.15) is 10.5 Å². The van der Waals surface area contributed by atoms with Gasteiger partial charge < -0.3 is 10.6 Å². The number of rotatable bonds is 5. The topological polar surface area (TPSA) is 106 Å². The van der Waals surface area contributed by atoms with E-state index >= 15 is 0 Å². The fourth-order valence-corrected chi connectivity index (χ4v) is 3.52. The van der Waals surface area contributed by atoms with E-state index in [4.69, 9.17) is 0 Å². The van der Waals surface area contributed by atoms with E-state index in [2.05, 4.69) is 16.7 Å². The maximum absolute atomic E-state index is 12.1. The molecule has 1 heterocycles. The van der Waals surface area contributed by atoms with Gasteiger partial charge in [0.15, 0.2) is 0 Å². The lowest BCUT2D eigenvalue weighted by Crippen LogP contribution is -2.44. The minimum atomic E-state index is -0.932. The number of carbonyl (C=O) groups is 2. The molecule has 1 aromatic carbocycles. The molecule has 0 spiro atoms. The molecule has 6 nitrogen and oxygen atoms in total. The minimum Gasteiger partial charge on any atom is -0.351 e. The first-order chi connectivity index (χ1) is 11.9. The Morgan fingerprint density at radius 1 is 1.32 bits per heavy atom. The number of amides is 2. The van der Waals surface area contributed by atoms with Crippen molar-refractivity contribution in [1.29, 1.82) is 10.5 Å². The molecule has 0 saturated carbocycles. The predicted octanol–water partition coefficient (Wildman–Crippen LogP) is 2.07. The van der Waals surface area contributed by atoms with Crippen molar-refractivity contribution < 1.29 is 9.59 Å². The maximum Gasteiger partial charge on any atom is 0.243 e. The molecule has 0 radical (unpaired) electrons. The second-order valence-electron chi connectivity index (χ2n) is 6.14. The van der Waals surface area contributed by atoms with Crippen LogP contribution >= 0.6 is 11.8 Å². The average Bonchev–Trinajstić information content (AvgIpc) is 2.58. The van der Waals surface area contributed by atoms with Crippen molar-refractivity contribution in [2.24, 2.45) is 11.3 Å². The van der Waals surface area contributed by atoms with Gasteiger partial charge in [0, 0.05) is 12.0 Å². The number of nitrogens with zero attached hydrogens (tertiary/aromatic N) is 2. The molecule has 0 aliphatic carbocycles. The number of benzene rings is 1. The standard InChI is InChI=1S/C18H18N4O2S/c1-18(2)13(8-19)16(24)22-17(14(18)9-20)25-11-15(23)21-10-12-6-4-3-5-7-12/h3-7,13H,10-11H2,1-2H3,(H,21,23)(H,22,24)/t13-/m0/s1. The summed E-state index contributed by atoms with van der Waals surface area (Å²) in [6.07, 6.45) is 0. The SMILES string of the molecule is CC1(C)C(C#N)=C(SCC(=O)NCc2ccccc2)NC(=O)[C@@H]1C#N.